The van der Waals surface area contributed by atoms with Crippen LogP contribution in [0.25, 0.3) is 0 Å². The van der Waals surface area contributed by atoms with Crippen LogP contribution in [0.5, 0.6) is 0 Å². The first-order valence-electron chi connectivity index (χ1n) is 4.90. The quantitative estimate of drug-likeness (QED) is 0.713. The minimum absolute atomic E-state index is 0.0928. The van der Waals surface area contributed by atoms with E-state index in [4.69, 9.17) is 5.73 Å². The predicted octanol–water partition coefficient (Wildman–Crippen LogP) is 0.00240. The second-order valence-corrected chi connectivity index (χ2v) is 3.64. The van der Waals surface area contributed by atoms with E-state index < -0.39 is 5.91 Å². The van der Waals surface area contributed by atoms with Crippen molar-refractivity contribution in [3.63, 3.8) is 0 Å². The molecule has 1 heterocycles. The molecule has 0 unspecified atom stereocenters. The van der Waals surface area contributed by atoms with E-state index in [1.165, 1.54) is 0 Å². The van der Waals surface area contributed by atoms with E-state index in [1.807, 2.05) is 6.07 Å². The number of nitrogens with zero attached hydrogens (tertiary/aromatic N) is 2. The van der Waals surface area contributed by atoms with E-state index in [1.54, 1.807) is 6.20 Å². The van der Waals surface area contributed by atoms with Gasteiger partial charge in [-0.2, -0.15) is 0 Å². The molecule has 1 amide bonds. The lowest BCUT2D eigenvalue weighted by molar-refractivity contribution is -0.117. The lowest BCUT2D eigenvalue weighted by Gasteiger charge is -2.07. The van der Waals surface area contributed by atoms with Crippen molar-refractivity contribution in [3.05, 3.63) is 23.8 Å². The summed E-state index contributed by atoms with van der Waals surface area (Å²) < 4.78 is 0. The van der Waals surface area contributed by atoms with Crippen LogP contribution >= 0.6 is 0 Å². The van der Waals surface area contributed by atoms with Gasteiger partial charge in [0.1, 0.15) is 5.82 Å². The first-order valence-corrected chi connectivity index (χ1v) is 4.90. The number of hydrogen-bond acceptors (Lipinski definition) is 4. The molecule has 0 bridgehead atoms. The molecule has 0 aliphatic heterocycles. The average Bonchev–Trinajstić information content (AvgIpc) is 2.14. The molecule has 1 aromatic rings. The minimum Gasteiger partial charge on any atom is -0.369 e. The van der Waals surface area contributed by atoms with Crippen molar-refractivity contribution in [2.24, 2.45) is 5.73 Å². The summed E-state index contributed by atoms with van der Waals surface area (Å²) in [5, 5.41) is 3.24. The monoisotopic (exact) mass is 208 g/mol. The summed E-state index contributed by atoms with van der Waals surface area (Å²) in [6.07, 6.45) is 1.73. The van der Waals surface area contributed by atoms with E-state index in [-0.39, 0.29) is 6.42 Å². The Hall–Kier alpha value is -1.49. The van der Waals surface area contributed by atoms with Crippen LogP contribution in [0.15, 0.2) is 12.3 Å². The summed E-state index contributed by atoms with van der Waals surface area (Å²) in [6.45, 7) is 4.79. The Kier molecular flexibility index (Phi) is 4.17. The SMILES string of the molecule is CC(C)NCc1ccnc(CC(N)=O)n1. The molecule has 15 heavy (non-hydrogen) atoms. The van der Waals surface area contributed by atoms with Crippen LogP contribution in [0.1, 0.15) is 25.4 Å². The molecule has 0 fully saturated rings. The molecular formula is C10H16N4O. The van der Waals surface area contributed by atoms with Crippen molar-refractivity contribution in [1.29, 1.82) is 0 Å². The fourth-order valence-electron chi connectivity index (χ4n) is 1.09. The molecule has 3 N–H and O–H groups in total. The molecule has 0 saturated heterocycles. The molecular weight excluding hydrogens is 192 g/mol. The van der Waals surface area contributed by atoms with Crippen LogP contribution in [0.2, 0.25) is 0 Å². The van der Waals surface area contributed by atoms with Gasteiger partial charge in [-0.1, -0.05) is 13.8 Å². The lowest BCUT2D eigenvalue weighted by Crippen LogP contribution is -2.23. The summed E-state index contributed by atoms with van der Waals surface area (Å²) in [4.78, 5) is 18.9. The van der Waals surface area contributed by atoms with Gasteiger partial charge in [-0.15, -0.1) is 0 Å². The van der Waals surface area contributed by atoms with Gasteiger partial charge in [0.25, 0.3) is 0 Å². The number of aromatic nitrogens is 2. The molecule has 0 aromatic carbocycles. The zero-order valence-corrected chi connectivity index (χ0v) is 9.03. The number of primary amides is 1. The molecule has 5 nitrogen and oxygen atoms in total. The van der Waals surface area contributed by atoms with E-state index in [0.29, 0.717) is 18.4 Å². The van der Waals surface area contributed by atoms with Gasteiger partial charge < -0.3 is 11.1 Å². The average molecular weight is 208 g/mol. The fourth-order valence-corrected chi connectivity index (χ4v) is 1.09. The highest BCUT2D eigenvalue weighted by Gasteiger charge is 2.03. The number of rotatable bonds is 5. The molecule has 0 aliphatic carbocycles. The van der Waals surface area contributed by atoms with Gasteiger partial charge in [-0.05, 0) is 6.07 Å². The number of amides is 1. The Morgan fingerprint density at radius 1 is 1.60 bits per heavy atom. The first kappa shape index (κ1) is 11.6. The van der Waals surface area contributed by atoms with Gasteiger partial charge in [0.2, 0.25) is 5.91 Å². The number of nitrogens with one attached hydrogen (secondary N) is 1. The normalized spacial score (nSPS) is 10.6. The molecule has 82 valence electrons. The molecule has 0 aliphatic rings. The molecule has 0 radical (unpaired) electrons. The topological polar surface area (TPSA) is 80.9 Å². The van der Waals surface area contributed by atoms with E-state index >= 15 is 0 Å². The molecule has 5 heteroatoms. The summed E-state index contributed by atoms with van der Waals surface area (Å²) >= 11 is 0. The number of carbonyl (C=O) groups is 1. The fraction of sp³-hybridized carbons (Fsp3) is 0.500. The first-order chi connectivity index (χ1) is 7.08. The standard InChI is InChI=1S/C10H16N4O/c1-7(2)13-6-8-3-4-12-10(14-8)5-9(11)15/h3-4,7,13H,5-6H2,1-2H3,(H2,11,15). The smallest absolute Gasteiger partial charge is 0.225 e. The van der Waals surface area contributed by atoms with Crippen molar-refractivity contribution in [1.82, 2.24) is 15.3 Å². The van der Waals surface area contributed by atoms with Crippen LogP contribution in [0.3, 0.4) is 0 Å². The Morgan fingerprint density at radius 2 is 2.33 bits per heavy atom. The molecule has 1 rings (SSSR count). The summed E-state index contributed by atoms with van der Waals surface area (Å²) in [7, 11) is 0. The highest BCUT2D eigenvalue weighted by molar-refractivity contribution is 5.75. The third-order valence-corrected chi connectivity index (χ3v) is 1.79. The van der Waals surface area contributed by atoms with E-state index in [0.717, 1.165) is 5.69 Å². The number of nitrogens with two attached hydrogens (primary N) is 1. The van der Waals surface area contributed by atoms with Gasteiger partial charge in [-0.3, -0.25) is 4.79 Å². The molecule has 0 atom stereocenters. The highest BCUT2D eigenvalue weighted by Crippen LogP contribution is 1.96. The van der Waals surface area contributed by atoms with Crippen molar-refractivity contribution in [2.75, 3.05) is 0 Å². The van der Waals surface area contributed by atoms with Gasteiger partial charge in [0, 0.05) is 18.8 Å². The molecule has 0 saturated carbocycles. The highest BCUT2D eigenvalue weighted by atomic mass is 16.1. The van der Waals surface area contributed by atoms with Crippen molar-refractivity contribution < 1.29 is 4.79 Å². The third-order valence-electron chi connectivity index (χ3n) is 1.79. The van der Waals surface area contributed by atoms with Gasteiger partial charge >= 0.3 is 0 Å². The Bertz CT molecular complexity index is 338. The summed E-state index contributed by atoms with van der Waals surface area (Å²) in [6, 6.07) is 2.22. The summed E-state index contributed by atoms with van der Waals surface area (Å²) in [5.74, 6) is 0.0644. The maximum atomic E-state index is 10.7. The van der Waals surface area contributed by atoms with Gasteiger partial charge in [0.15, 0.2) is 0 Å². The lowest BCUT2D eigenvalue weighted by atomic mass is 10.3. The third kappa shape index (κ3) is 4.51. The van der Waals surface area contributed by atoms with E-state index in [2.05, 4.69) is 29.1 Å². The maximum absolute atomic E-state index is 10.7. The van der Waals surface area contributed by atoms with Gasteiger partial charge in [-0.25, -0.2) is 9.97 Å². The number of hydrogen-bond donors (Lipinski definition) is 2. The maximum Gasteiger partial charge on any atom is 0.225 e. The van der Waals surface area contributed by atoms with Gasteiger partial charge in [0.05, 0.1) is 12.1 Å². The van der Waals surface area contributed by atoms with Crippen molar-refractivity contribution in [3.8, 4) is 0 Å². The van der Waals surface area contributed by atoms with Crippen molar-refractivity contribution >= 4 is 5.91 Å². The summed E-state index contributed by atoms with van der Waals surface area (Å²) in [5.41, 5.74) is 5.93. The Balaban J connectivity index is 2.61. The Morgan fingerprint density at radius 3 is 2.93 bits per heavy atom. The second-order valence-electron chi connectivity index (χ2n) is 3.64. The predicted molar refractivity (Wildman–Crippen MR) is 56.9 cm³/mol. The van der Waals surface area contributed by atoms with Crippen LogP contribution < -0.4 is 11.1 Å². The van der Waals surface area contributed by atoms with Crippen LogP contribution in [0.4, 0.5) is 0 Å². The van der Waals surface area contributed by atoms with Crippen LogP contribution in [-0.4, -0.2) is 21.9 Å². The van der Waals surface area contributed by atoms with E-state index in [9.17, 15) is 4.79 Å². The zero-order valence-electron chi connectivity index (χ0n) is 9.03. The van der Waals surface area contributed by atoms with Crippen molar-refractivity contribution in [2.45, 2.75) is 32.9 Å². The second kappa shape index (κ2) is 5.41. The minimum atomic E-state index is -0.413. The number of carbonyl (C=O) groups excluding carboxylic acids is 1. The largest absolute Gasteiger partial charge is 0.369 e. The molecule has 1 aromatic heterocycles. The zero-order chi connectivity index (χ0) is 11.3. The van der Waals surface area contributed by atoms with Crippen LogP contribution in [-0.2, 0) is 17.8 Å². The molecule has 0 spiro atoms. The van der Waals surface area contributed by atoms with Crippen LogP contribution in [0, 0.1) is 0 Å². The Labute approximate surface area is 89.1 Å².